The molecular weight excluding hydrogens is 132 g/mol. The Balaban J connectivity index is 3.01. The Hall–Kier alpha value is -1.06. The minimum Gasteiger partial charge on any atom is -0.317 e. The van der Waals surface area contributed by atoms with E-state index in [1.54, 1.807) is 0 Å². The highest BCUT2D eigenvalue weighted by molar-refractivity contribution is 5.01. The molecule has 1 aromatic rings. The molecule has 0 bridgehead atoms. The van der Waals surface area contributed by atoms with Crippen LogP contribution in [0.3, 0.4) is 0 Å². The number of nitrogens with zero attached hydrogens (tertiary/aromatic N) is 2. The second-order valence-corrected chi connectivity index (χ2v) is 2.05. The molecule has 0 saturated carbocycles. The predicted octanol–water partition coefficient (Wildman–Crippen LogP) is 0.324. The van der Waals surface area contributed by atoms with Crippen LogP contribution in [0.25, 0.3) is 0 Å². The standard InChI is InChI=1S/C6H11N2O2/c1-3-5-6(4-2)8(9)10-7-5/h9H,3-4H2,1-2H3/q+1. The Labute approximate surface area is 59.0 Å². The van der Waals surface area contributed by atoms with Gasteiger partial charge in [0.2, 0.25) is 5.69 Å². The molecule has 1 aromatic heterocycles. The fourth-order valence-corrected chi connectivity index (χ4v) is 0.908. The van der Waals surface area contributed by atoms with Crippen molar-refractivity contribution < 1.29 is 14.7 Å². The normalized spacial score (nSPS) is 10.2. The number of aryl methyl sites for hydroxylation is 1. The smallest absolute Gasteiger partial charge is 0.250 e. The van der Waals surface area contributed by atoms with E-state index in [9.17, 15) is 0 Å². The lowest BCUT2D eigenvalue weighted by Crippen LogP contribution is -2.31. The van der Waals surface area contributed by atoms with Crippen LogP contribution < -0.4 is 4.90 Å². The average molecular weight is 143 g/mol. The summed E-state index contributed by atoms with van der Waals surface area (Å²) in [6.45, 7) is 3.91. The van der Waals surface area contributed by atoms with Crippen molar-refractivity contribution >= 4 is 0 Å². The van der Waals surface area contributed by atoms with E-state index in [0.29, 0.717) is 0 Å². The minimum absolute atomic E-state index is 0.721. The van der Waals surface area contributed by atoms with E-state index in [1.165, 1.54) is 0 Å². The van der Waals surface area contributed by atoms with Crippen LogP contribution in [0, 0.1) is 0 Å². The summed E-state index contributed by atoms with van der Waals surface area (Å²) in [5, 5.41) is 12.6. The first-order chi connectivity index (χ1) is 4.79. The lowest BCUT2D eigenvalue weighted by Gasteiger charge is -1.82. The molecule has 0 unspecified atom stereocenters. The van der Waals surface area contributed by atoms with Gasteiger partial charge in [-0.3, -0.25) is 0 Å². The third-order valence-corrected chi connectivity index (χ3v) is 1.46. The van der Waals surface area contributed by atoms with Crippen LogP contribution in [0.1, 0.15) is 25.2 Å². The van der Waals surface area contributed by atoms with Crippen molar-refractivity contribution in [3.8, 4) is 0 Å². The fourth-order valence-electron chi connectivity index (χ4n) is 0.908. The van der Waals surface area contributed by atoms with Crippen LogP contribution in [-0.4, -0.2) is 10.4 Å². The summed E-state index contributed by atoms with van der Waals surface area (Å²) >= 11 is 0. The Morgan fingerprint density at radius 3 is 2.60 bits per heavy atom. The molecule has 56 valence electrons. The fraction of sp³-hybridized carbons (Fsp3) is 0.667. The van der Waals surface area contributed by atoms with E-state index < -0.39 is 0 Å². The minimum atomic E-state index is 0.721. The Morgan fingerprint density at radius 1 is 1.50 bits per heavy atom. The summed E-state index contributed by atoms with van der Waals surface area (Å²) in [5.74, 6) is 0. The highest BCUT2D eigenvalue weighted by Crippen LogP contribution is 2.00. The number of rotatable bonds is 2. The summed E-state index contributed by atoms with van der Waals surface area (Å²) in [7, 11) is 0. The first kappa shape index (κ1) is 7.05. The molecule has 0 spiro atoms. The molecule has 0 radical (unpaired) electrons. The van der Waals surface area contributed by atoms with Gasteiger partial charge in [-0.1, -0.05) is 13.8 Å². The van der Waals surface area contributed by atoms with E-state index in [-0.39, 0.29) is 0 Å². The molecule has 1 N–H and O–H groups in total. The van der Waals surface area contributed by atoms with Gasteiger partial charge in [-0.2, -0.15) is 0 Å². The largest absolute Gasteiger partial charge is 0.317 e. The number of hydrogen-bond acceptors (Lipinski definition) is 3. The second kappa shape index (κ2) is 2.68. The van der Waals surface area contributed by atoms with E-state index in [0.717, 1.165) is 29.1 Å². The molecule has 0 aliphatic heterocycles. The lowest BCUT2D eigenvalue weighted by molar-refractivity contribution is -1.04. The van der Waals surface area contributed by atoms with Crippen molar-refractivity contribution in [1.29, 1.82) is 0 Å². The van der Waals surface area contributed by atoms with Crippen molar-refractivity contribution in [2.24, 2.45) is 0 Å². The first-order valence-corrected chi connectivity index (χ1v) is 3.38. The van der Waals surface area contributed by atoms with Crippen LogP contribution in [0.15, 0.2) is 4.63 Å². The molecule has 0 amide bonds. The van der Waals surface area contributed by atoms with Gasteiger partial charge in [0, 0.05) is 12.8 Å². The van der Waals surface area contributed by atoms with E-state index >= 15 is 0 Å². The third-order valence-electron chi connectivity index (χ3n) is 1.46. The van der Waals surface area contributed by atoms with Crippen molar-refractivity contribution in [3.63, 3.8) is 0 Å². The molecular formula is C6H11N2O2+. The third kappa shape index (κ3) is 0.964. The SMILES string of the molecule is CCc1no[n+](O)c1CC. The monoisotopic (exact) mass is 143 g/mol. The second-order valence-electron chi connectivity index (χ2n) is 2.05. The number of aromatic nitrogens is 2. The van der Waals surface area contributed by atoms with E-state index in [2.05, 4.69) is 9.79 Å². The van der Waals surface area contributed by atoms with Gasteiger partial charge in [0.05, 0.1) is 0 Å². The molecule has 0 aromatic carbocycles. The maximum atomic E-state index is 8.95. The summed E-state index contributed by atoms with van der Waals surface area (Å²) in [6.07, 6.45) is 1.53. The molecule has 4 nitrogen and oxygen atoms in total. The average Bonchev–Trinajstić information content (AvgIpc) is 2.30. The summed E-state index contributed by atoms with van der Waals surface area (Å²) < 4.78 is 4.50. The van der Waals surface area contributed by atoms with Gasteiger partial charge in [0.25, 0.3) is 5.69 Å². The summed E-state index contributed by atoms with van der Waals surface area (Å²) in [4.78, 5) is 0.721. The quantitative estimate of drug-likeness (QED) is 0.607. The van der Waals surface area contributed by atoms with Crippen molar-refractivity contribution in [1.82, 2.24) is 5.16 Å². The molecule has 0 fully saturated rings. The van der Waals surface area contributed by atoms with Gasteiger partial charge in [0.15, 0.2) is 5.16 Å². The zero-order valence-corrected chi connectivity index (χ0v) is 6.16. The van der Waals surface area contributed by atoms with Gasteiger partial charge >= 0.3 is 0 Å². The zero-order chi connectivity index (χ0) is 7.56. The molecule has 4 heteroatoms. The Bertz CT molecular complexity index is 220. The summed E-state index contributed by atoms with van der Waals surface area (Å²) in [5.41, 5.74) is 1.58. The lowest BCUT2D eigenvalue weighted by atomic mass is 10.2. The van der Waals surface area contributed by atoms with Gasteiger partial charge in [-0.05, 0) is 4.63 Å². The molecule has 1 rings (SSSR count). The Morgan fingerprint density at radius 2 is 2.20 bits per heavy atom. The van der Waals surface area contributed by atoms with Crippen LogP contribution in [-0.2, 0) is 12.8 Å². The van der Waals surface area contributed by atoms with Gasteiger partial charge < -0.3 is 5.21 Å². The van der Waals surface area contributed by atoms with Crippen molar-refractivity contribution in [2.45, 2.75) is 26.7 Å². The number of hydrogen-bond donors (Lipinski definition) is 1. The van der Waals surface area contributed by atoms with Crippen LogP contribution >= 0.6 is 0 Å². The van der Waals surface area contributed by atoms with Gasteiger partial charge in [-0.25, -0.2) is 0 Å². The maximum absolute atomic E-state index is 8.95. The molecule has 0 atom stereocenters. The van der Waals surface area contributed by atoms with E-state index in [1.807, 2.05) is 13.8 Å². The van der Waals surface area contributed by atoms with Crippen molar-refractivity contribution in [3.05, 3.63) is 11.4 Å². The van der Waals surface area contributed by atoms with Crippen LogP contribution in [0.4, 0.5) is 0 Å². The van der Waals surface area contributed by atoms with Crippen LogP contribution in [0.2, 0.25) is 0 Å². The molecule has 1 heterocycles. The zero-order valence-electron chi connectivity index (χ0n) is 6.16. The molecule has 10 heavy (non-hydrogen) atoms. The molecule has 0 saturated heterocycles. The molecule has 0 aliphatic carbocycles. The predicted molar refractivity (Wildman–Crippen MR) is 32.6 cm³/mol. The van der Waals surface area contributed by atoms with Crippen LogP contribution in [0.5, 0.6) is 0 Å². The maximum Gasteiger partial charge on any atom is 0.250 e. The molecule has 0 aliphatic rings. The Kier molecular flexibility index (Phi) is 1.89. The van der Waals surface area contributed by atoms with Crippen molar-refractivity contribution in [2.75, 3.05) is 0 Å². The highest BCUT2D eigenvalue weighted by atomic mass is 16.8. The summed E-state index contributed by atoms with van der Waals surface area (Å²) in [6, 6.07) is 0. The first-order valence-electron chi connectivity index (χ1n) is 3.38. The highest BCUT2D eigenvalue weighted by Gasteiger charge is 2.19. The van der Waals surface area contributed by atoms with Gasteiger partial charge in [0.1, 0.15) is 4.90 Å². The van der Waals surface area contributed by atoms with Gasteiger partial charge in [-0.15, -0.1) is 0 Å². The van der Waals surface area contributed by atoms with E-state index in [4.69, 9.17) is 5.21 Å². The topological polar surface area (TPSA) is 50.1 Å².